The number of thiazole rings is 2. The summed E-state index contributed by atoms with van der Waals surface area (Å²) in [6.45, 7) is 1.45. The maximum Gasteiger partial charge on any atom is 0.234 e. The van der Waals surface area contributed by atoms with Crippen LogP contribution in [0.3, 0.4) is 0 Å². The SMILES string of the molecule is CC(=O)Nc1nc2ccc(NC(=O)CSCc3nc4ccccc4s3)cc2s1. The van der Waals surface area contributed by atoms with E-state index in [1.807, 2.05) is 36.4 Å². The predicted octanol–water partition coefficient (Wildman–Crippen LogP) is 4.74. The van der Waals surface area contributed by atoms with Crippen LogP contribution in [0.5, 0.6) is 0 Å². The van der Waals surface area contributed by atoms with Crippen molar-refractivity contribution in [1.82, 2.24) is 9.97 Å². The molecule has 0 atom stereocenters. The third-order valence-corrected chi connectivity index (χ3v) is 6.85. The zero-order valence-corrected chi connectivity index (χ0v) is 17.3. The lowest BCUT2D eigenvalue weighted by molar-refractivity contribution is -0.114. The van der Waals surface area contributed by atoms with Gasteiger partial charge < -0.3 is 10.6 Å². The largest absolute Gasteiger partial charge is 0.325 e. The van der Waals surface area contributed by atoms with Crippen LogP contribution in [0.4, 0.5) is 10.8 Å². The van der Waals surface area contributed by atoms with Gasteiger partial charge in [-0.25, -0.2) is 9.97 Å². The number of benzene rings is 2. The van der Waals surface area contributed by atoms with Gasteiger partial charge in [-0.1, -0.05) is 23.5 Å². The van der Waals surface area contributed by atoms with E-state index in [9.17, 15) is 9.59 Å². The average molecular weight is 429 g/mol. The van der Waals surface area contributed by atoms with E-state index in [1.165, 1.54) is 23.0 Å². The molecule has 28 heavy (non-hydrogen) atoms. The Morgan fingerprint density at radius 2 is 1.82 bits per heavy atom. The van der Waals surface area contributed by atoms with Crippen molar-refractivity contribution in [1.29, 1.82) is 0 Å². The standard InChI is InChI=1S/C19H16N4O2S3/c1-11(24)20-19-23-14-7-6-12(8-16(14)28-19)21-17(25)9-26-10-18-22-13-4-2-3-5-15(13)27-18/h2-8H,9-10H2,1H3,(H,21,25)(H,20,23,24). The summed E-state index contributed by atoms with van der Waals surface area (Å²) in [5, 5.41) is 7.17. The number of hydrogen-bond donors (Lipinski definition) is 2. The zero-order valence-electron chi connectivity index (χ0n) is 14.9. The molecule has 0 radical (unpaired) electrons. The van der Waals surface area contributed by atoms with Crippen LogP contribution in [0.1, 0.15) is 11.9 Å². The number of nitrogens with zero attached hydrogens (tertiary/aromatic N) is 2. The third-order valence-electron chi connectivity index (χ3n) is 3.75. The molecule has 2 amide bonds. The second-order valence-electron chi connectivity index (χ2n) is 6.00. The number of aromatic nitrogens is 2. The molecule has 2 aromatic heterocycles. The minimum Gasteiger partial charge on any atom is -0.325 e. The minimum atomic E-state index is -0.155. The number of carbonyl (C=O) groups is 2. The fourth-order valence-electron chi connectivity index (χ4n) is 2.62. The van der Waals surface area contributed by atoms with Crippen molar-refractivity contribution in [2.45, 2.75) is 12.7 Å². The molecule has 0 spiro atoms. The Morgan fingerprint density at radius 3 is 2.64 bits per heavy atom. The Balaban J connectivity index is 1.33. The Hall–Kier alpha value is -2.49. The number of hydrogen-bond acceptors (Lipinski definition) is 7. The van der Waals surface area contributed by atoms with Gasteiger partial charge in [-0.05, 0) is 30.3 Å². The molecule has 6 nitrogen and oxygen atoms in total. The summed E-state index contributed by atoms with van der Waals surface area (Å²) in [4.78, 5) is 32.3. The van der Waals surface area contributed by atoms with Gasteiger partial charge in [-0.3, -0.25) is 9.59 Å². The van der Waals surface area contributed by atoms with E-state index in [2.05, 4.69) is 26.7 Å². The van der Waals surface area contributed by atoms with Crippen molar-refractivity contribution in [3.8, 4) is 0 Å². The summed E-state index contributed by atoms with van der Waals surface area (Å²) < 4.78 is 2.07. The molecule has 0 saturated carbocycles. The molecular formula is C19H16N4O2S3. The zero-order chi connectivity index (χ0) is 19.5. The molecule has 0 bridgehead atoms. The highest BCUT2D eigenvalue weighted by Crippen LogP contribution is 2.29. The first-order chi connectivity index (χ1) is 13.6. The third kappa shape index (κ3) is 4.49. The molecule has 0 fully saturated rings. The Kier molecular flexibility index (Phi) is 5.56. The van der Waals surface area contributed by atoms with Crippen molar-refractivity contribution in [3.05, 3.63) is 47.5 Å². The van der Waals surface area contributed by atoms with E-state index in [0.29, 0.717) is 16.6 Å². The summed E-state index contributed by atoms with van der Waals surface area (Å²) >= 11 is 4.58. The van der Waals surface area contributed by atoms with E-state index in [-0.39, 0.29) is 11.8 Å². The fourth-order valence-corrected chi connectivity index (χ4v) is 5.41. The number of thioether (sulfide) groups is 1. The maximum absolute atomic E-state index is 12.2. The van der Waals surface area contributed by atoms with Gasteiger partial charge in [0.1, 0.15) is 5.01 Å². The number of anilines is 2. The first kappa shape index (κ1) is 18.9. The molecule has 4 aromatic rings. The van der Waals surface area contributed by atoms with Crippen LogP contribution in [0, 0.1) is 0 Å². The van der Waals surface area contributed by atoms with E-state index in [4.69, 9.17) is 0 Å². The molecule has 0 aliphatic rings. The number of carbonyl (C=O) groups excluding carboxylic acids is 2. The van der Waals surface area contributed by atoms with E-state index in [1.54, 1.807) is 23.1 Å². The maximum atomic E-state index is 12.2. The minimum absolute atomic E-state index is 0.0583. The lowest BCUT2D eigenvalue weighted by Crippen LogP contribution is -2.14. The van der Waals surface area contributed by atoms with Crippen LogP contribution in [0.2, 0.25) is 0 Å². The van der Waals surface area contributed by atoms with Crippen molar-refractivity contribution in [2.24, 2.45) is 0 Å². The average Bonchev–Trinajstić information content (AvgIpc) is 3.23. The summed E-state index contributed by atoms with van der Waals surface area (Å²) in [6, 6.07) is 13.6. The molecule has 4 rings (SSSR count). The van der Waals surface area contributed by atoms with Crippen molar-refractivity contribution < 1.29 is 9.59 Å². The predicted molar refractivity (Wildman–Crippen MR) is 118 cm³/mol. The molecule has 2 heterocycles. The molecule has 0 aliphatic carbocycles. The summed E-state index contributed by atoms with van der Waals surface area (Å²) in [5.41, 5.74) is 2.51. The van der Waals surface area contributed by atoms with Gasteiger partial charge in [0.2, 0.25) is 11.8 Å². The van der Waals surface area contributed by atoms with Gasteiger partial charge in [0, 0.05) is 18.4 Å². The smallest absolute Gasteiger partial charge is 0.234 e. The molecule has 142 valence electrons. The second-order valence-corrected chi connectivity index (χ2v) is 9.13. The lowest BCUT2D eigenvalue weighted by Gasteiger charge is -2.04. The van der Waals surface area contributed by atoms with Crippen molar-refractivity contribution in [2.75, 3.05) is 16.4 Å². The quantitative estimate of drug-likeness (QED) is 0.464. The van der Waals surface area contributed by atoms with E-state index in [0.717, 1.165) is 26.4 Å². The highest BCUT2D eigenvalue weighted by atomic mass is 32.2. The van der Waals surface area contributed by atoms with Gasteiger partial charge >= 0.3 is 0 Å². The van der Waals surface area contributed by atoms with E-state index < -0.39 is 0 Å². The van der Waals surface area contributed by atoms with Gasteiger partial charge in [-0.15, -0.1) is 23.1 Å². The molecule has 0 unspecified atom stereocenters. The number of amides is 2. The van der Waals surface area contributed by atoms with Crippen LogP contribution in [0.15, 0.2) is 42.5 Å². The molecule has 2 aromatic carbocycles. The van der Waals surface area contributed by atoms with Crippen molar-refractivity contribution >= 4 is 77.5 Å². The lowest BCUT2D eigenvalue weighted by atomic mass is 10.3. The van der Waals surface area contributed by atoms with Crippen LogP contribution < -0.4 is 10.6 Å². The van der Waals surface area contributed by atoms with Crippen LogP contribution >= 0.6 is 34.4 Å². The van der Waals surface area contributed by atoms with Gasteiger partial charge in [-0.2, -0.15) is 0 Å². The van der Waals surface area contributed by atoms with Crippen LogP contribution in [0.25, 0.3) is 20.4 Å². The Bertz CT molecular complexity index is 1140. The molecule has 0 aliphatic heterocycles. The fraction of sp³-hybridized carbons (Fsp3) is 0.158. The normalized spacial score (nSPS) is 11.0. The Morgan fingerprint density at radius 1 is 1.00 bits per heavy atom. The number of para-hydroxylation sites is 1. The monoisotopic (exact) mass is 428 g/mol. The van der Waals surface area contributed by atoms with Crippen LogP contribution in [-0.4, -0.2) is 27.5 Å². The topological polar surface area (TPSA) is 84.0 Å². The van der Waals surface area contributed by atoms with Crippen LogP contribution in [-0.2, 0) is 15.3 Å². The second kappa shape index (κ2) is 8.26. The Labute approximate surface area is 173 Å². The molecule has 9 heteroatoms. The highest BCUT2D eigenvalue weighted by molar-refractivity contribution is 7.99. The summed E-state index contributed by atoms with van der Waals surface area (Å²) in [6.07, 6.45) is 0. The molecular weight excluding hydrogens is 412 g/mol. The first-order valence-electron chi connectivity index (χ1n) is 8.47. The number of fused-ring (bicyclic) bond motifs is 2. The van der Waals surface area contributed by atoms with Crippen molar-refractivity contribution in [3.63, 3.8) is 0 Å². The van der Waals surface area contributed by atoms with Gasteiger partial charge in [0.15, 0.2) is 5.13 Å². The molecule has 0 saturated heterocycles. The summed E-state index contributed by atoms with van der Waals surface area (Å²) in [7, 11) is 0. The van der Waals surface area contributed by atoms with E-state index >= 15 is 0 Å². The first-order valence-corrected chi connectivity index (χ1v) is 11.3. The van der Waals surface area contributed by atoms with Gasteiger partial charge in [0.05, 0.1) is 26.2 Å². The van der Waals surface area contributed by atoms with Gasteiger partial charge in [0.25, 0.3) is 0 Å². The number of rotatable bonds is 6. The summed E-state index contributed by atoms with van der Waals surface area (Å²) in [5.74, 6) is 0.851. The molecule has 2 N–H and O–H groups in total. The highest BCUT2D eigenvalue weighted by Gasteiger charge is 2.09. The number of nitrogens with one attached hydrogen (secondary N) is 2.